The number of fused-ring (bicyclic) bond motifs is 1. The highest BCUT2D eigenvalue weighted by Gasteiger charge is 2.32. The molecule has 12 nitrogen and oxygen atoms in total. The molecule has 4 heterocycles. The van der Waals surface area contributed by atoms with Crippen LogP contribution in [0.5, 0.6) is 17.4 Å². The van der Waals surface area contributed by atoms with Gasteiger partial charge in [0.2, 0.25) is 5.88 Å². The van der Waals surface area contributed by atoms with Crippen LogP contribution in [0, 0.1) is 0 Å². The Labute approximate surface area is 223 Å². The van der Waals surface area contributed by atoms with E-state index in [2.05, 4.69) is 30.0 Å². The standard InChI is InChI=1S/C25H30N8O4S/c1-15(18-13-27-22(37-5)14-26-18)16(2)38(34)31-25-30-29-24(17-12-28-32-11-7-8-19(17)32)33(25)23-20(35-3)9-6-10-21(23)36-4/h6,9-10,12-16H,7-8,11H2,1-5H3,(H,30,31). The first-order valence-corrected chi connectivity index (χ1v) is 13.4. The molecule has 38 heavy (non-hydrogen) atoms. The normalized spacial score (nSPS) is 15.0. The van der Waals surface area contributed by atoms with E-state index in [0.717, 1.165) is 30.6 Å². The Balaban J connectivity index is 1.54. The Hall–Kier alpha value is -3.84. The largest absolute Gasteiger partial charge is 0.593 e. The van der Waals surface area contributed by atoms with Crippen molar-refractivity contribution >= 4 is 17.3 Å². The van der Waals surface area contributed by atoms with Crippen LogP contribution in [0.1, 0.15) is 37.6 Å². The van der Waals surface area contributed by atoms with E-state index in [-0.39, 0.29) is 11.2 Å². The summed E-state index contributed by atoms with van der Waals surface area (Å²) in [6, 6.07) is 5.50. The maximum atomic E-state index is 13.6. The average molecular weight is 539 g/mol. The topological polar surface area (TPSA) is 137 Å². The van der Waals surface area contributed by atoms with Crippen molar-refractivity contribution in [2.45, 2.75) is 44.4 Å². The number of nitrogens with zero attached hydrogens (tertiary/aromatic N) is 7. The van der Waals surface area contributed by atoms with Crippen LogP contribution in [0.3, 0.4) is 0 Å². The van der Waals surface area contributed by atoms with E-state index >= 15 is 0 Å². The van der Waals surface area contributed by atoms with Crippen LogP contribution in [0.4, 0.5) is 5.95 Å². The number of rotatable bonds is 10. The number of hydrogen-bond acceptors (Lipinski definition) is 10. The second-order valence-corrected chi connectivity index (χ2v) is 10.4. The van der Waals surface area contributed by atoms with Crippen LogP contribution in [0.15, 0.2) is 36.8 Å². The number of methoxy groups -OCH3 is 3. The molecule has 3 atom stereocenters. The van der Waals surface area contributed by atoms with Crippen molar-refractivity contribution in [2.75, 3.05) is 26.1 Å². The second-order valence-electron chi connectivity index (χ2n) is 8.90. The summed E-state index contributed by atoms with van der Waals surface area (Å²) in [5.41, 5.74) is 3.24. The van der Waals surface area contributed by atoms with Gasteiger partial charge in [-0.2, -0.15) is 9.82 Å². The van der Waals surface area contributed by atoms with Crippen molar-refractivity contribution in [3.63, 3.8) is 0 Å². The van der Waals surface area contributed by atoms with Crippen LogP contribution in [0.2, 0.25) is 0 Å². The molecule has 1 aromatic carbocycles. The molecule has 0 saturated carbocycles. The number of benzene rings is 1. The molecule has 0 aliphatic carbocycles. The fourth-order valence-electron chi connectivity index (χ4n) is 4.51. The lowest BCUT2D eigenvalue weighted by Crippen LogP contribution is -2.31. The van der Waals surface area contributed by atoms with Crippen molar-refractivity contribution in [1.82, 2.24) is 34.5 Å². The summed E-state index contributed by atoms with van der Waals surface area (Å²) < 4.78 is 36.9. The Bertz CT molecular complexity index is 1380. The number of ether oxygens (including phenoxy) is 3. The summed E-state index contributed by atoms with van der Waals surface area (Å²) in [7, 11) is 4.71. The molecule has 0 amide bonds. The summed E-state index contributed by atoms with van der Waals surface area (Å²) >= 11 is -1.56. The van der Waals surface area contributed by atoms with Crippen molar-refractivity contribution in [1.29, 1.82) is 0 Å². The highest BCUT2D eigenvalue weighted by Crippen LogP contribution is 2.39. The van der Waals surface area contributed by atoms with Gasteiger partial charge in [-0.1, -0.05) is 13.0 Å². The maximum absolute atomic E-state index is 13.6. The molecule has 3 aromatic heterocycles. The maximum Gasteiger partial charge on any atom is 0.271 e. The molecule has 0 spiro atoms. The Morgan fingerprint density at radius 2 is 1.76 bits per heavy atom. The molecular weight excluding hydrogens is 508 g/mol. The van der Waals surface area contributed by atoms with Gasteiger partial charge in [-0.15, -0.1) is 10.2 Å². The third kappa shape index (κ3) is 4.63. The zero-order valence-corrected chi connectivity index (χ0v) is 22.7. The van der Waals surface area contributed by atoms with E-state index in [1.54, 1.807) is 37.4 Å². The van der Waals surface area contributed by atoms with Crippen molar-refractivity contribution in [3.8, 4) is 34.5 Å². The summed E-state index contributed by atoms with van der Waals surface area (Å²) in [4.78, 5) is 8.65. The van der Waals surface area contributed by atoms with E-state index in [1.165, 1.54) is 7.11 Å². The second kappa shape index (κ2) is 10.9. The van der Waals surface area contributed by atoms with Gasteiger partial charge in [0.05, 0.1) is 62.5 Å². The minimum Gasteiger partial charge on any atom is -0.593 e. The summed E-state index contributed by atoms with van der Waals surface area (Å²) in [6.45, 7) is 4.70. The fraction of sp³-hybridized carbons (Fsp3) is 0.400. The number of aromatic nitrogens is 7. The van der Waals surface area contributed by atoms with Crippen LogP contribution < -0.4 is 18.9 Å². The molecule has 1 N–H and O–H groups in total. The lowest BCUT2D eigenvalue weighted by atomic mass is 10.1. The van der Waals surface area contributed by atoms with Gasteiger partial charge in [0.25, 0.3) is 5.95 Å². The van der Waals surface area contributed by atoms with Gasteiger partial charge in [0, 0.05) is 18.2 Å². The van der Waals surface area contributed by atoms with E-state index in [1.807, 2.05) is 36.7 Å². The highest BCUT2D eigenvalue weighted by molar-refractivity contribution is 7.93. The van der Waals surface area contributed by atoms with Crippen LogP contribution in [0.25, 0.3) is 17.1 Å². The molecular formula is C25H30N8O4S. The number of para-hydroxylation sites is 1. The van der Waals surface area contributed by atoms with Crippen LogP contribution in [-0.2, 0) is 24.3 Å². The molecule has 0 fully saturated rings. The van der Waals surface area contributed by atoms with Crippen molar-refractivity contribution in [3.05, 3.63) is 48.2 Å². The first-order chi connectivity index (χ1) is 18.5. The molecule has 4 aromatic rings. The van der Waals surface area contributed by atoms with Gasteiger partial charge in [-0.05, 0) is 31.9 Å². The Kier molecular flexibility index (Phi) is 7.38. The molecule has 0 saturated heterocycles. The highest BCUT2D eigenvalue weighted by atomic mass is 32.2. The fourth-order valence-corrected chi connectivity index (χ4v) is 5.52. The lowest BCUT2D eigenvalue weighted by Gasteiger charge is -2.23. The van der Waals surface area contributed by atoms with E-state index < -0.39 is 11.4 Å². The molecule has 3 unspecified atom stereocenters. The molecule has 5 rings (SSSR count). The van der Waals surface area contributed by atoms with Crippen LogP contribution >= 0.6 is 0 Å². The molecule has 200 valence electrons. The number of nitrogens with one attached hydrogen (secondary N) is 1. The van der Waals surface area contributed by atoms with Gasteiger partial charge < -0.3 is 18.8 Å². The van der Waals surface area contributed by atoms with E-state index in [9.17, 15) is 4.55 Å². The molecule has 1 aliphatic heterocycles. The van der Waals surface area contributed by atoms with Gasteiger partial charge >= 0.3 is 0 Å². The quantitative estimate of drug-likeness (QED) is 0.300. The summed E-state index contributed by atoms with van der Waals surface area (Å²) in [5.74, 6) is 2.20. The number of anilines is 1. The van der Waals surface area contributed by atoms with E-state index in [4.69, 9.17) is 14.2 Å². The molecule has 0 bridgehead atoms. The first kappa shape index (κ1) is 25.8. The van der Waals surface area contributed by atoms with Gasteiger partial charge in [-0.25, -0.2) is 4.98 Å². The zero-order valence-electron chi connectivity index (χ0n) is 21.9. The minimum atomic E-state index is -1.56. The minimum absolute atomic E-state index is 0.169. The average Bonchev–Trinajstić information content (AvgIpc) is 3.68. The third-order valence-corrected chi connectivity index (χ3v) is 8.29. The number of aryl methyl sites for hydroxylation is 1. The summed E-state index contributed by atoms with van der Waals surface area (Å²) in [5, 5.41) is 13.1. The Morgan fingerprint density at radius 3 is 2.42 bits per heavy atom. The first-order valence-electron chi connectivity index (χ1n) is 12.2. The molecule has 1 aliphatic rings. The van der Waals surface area contributed by atoms with Crippen molar-refractivity contribution < 1.29 is 18.8 Å². The Morgan fingerprint density at radius 1 is 1.00 bits per heavy atom. The van der Waals surface area contributed by atoms with Gasteiger partial charge in [0.1, 0.15) is 22.4 Å². The third-order valence-electron chi connectivity index (χ3n) is 6.82. The zero-order chi connectivity index (χ0) is 26.8. The van der Waals surface area contributed by atoms with E-state index in [0.29, 0.717) is 40.5 Å². The van der Waals surface area contributed by atoms with Gasteiger partial charge in [-0.3, -0.25) is 14.2 Å². The van der Waals surface area contributed by atoms with Crippen molar-refractivity contribution in [2.24, 2.45) is 0 Å². The summed E-state index contributed by atoms with van der Waals surface area (Å²) in [6.07, 6.45) is 6.89. The molecule has 13 heteroatoms. The smallest absolute Gasteiger partial charge is 0.271 e. The predicted octanol–water partition coefficient (Wildman–Crippen LogP) is 3.16. The molecule has 0 radical (unpaired) electrons. The van der Waals surface area contributed by atoms with Crippen LogP contribution in [-0.4, -0.2) is 65.6 Å². The number of hydrogen-bond donors (Lipinski definition) is 1. The SMILES string of the molecule is COc1cnc(C(C)C(C)[S+]([O-])Nc2nnc(-c3cnn4c3CCC4)n2-c2c(OC)cccc2OC)cn1. The monoisotopic (exact) mass is 538 g/mol. The predicted molar refractivity (Wildman–Crippen MR) is 142 cm³/mol. The van der Waals surface area contributed by atoms with Gasteiger partial charge in [0.15, 0.2) is 5.82 Å². The lowest BCUT2D eigenvalue weighted by molar-refractivity contribution is 0.391.